The van der Waals surface area contributed by atoms with Crippen molar-refractivity contribution in [1.29, 1.82) is 0 Å². The highest BCUT2D eigenvalue weighted by Crippen LogP contribution is 2.25. The normalized spacial score (nSPS) is 13.4. The average Bonchev–Trinajstić information content (AvgIpc) is 2.26. The van der Waals surface area contributed by atoms with E-state index in [4.69, 9.17) is 16.7 Å². The highest BCUT2D eigenvalue weighted by molar-refractivity contribution is 7.89. The number of primary sulfonamides is 1. The summed E-state index contributed by atoms with van der Waals surface area (Å²) >= 11 is 5.97. The zero-order valence-electron chi connectivity index (χ0n) is 9.90. The van der Waals surface area contributed by atoms with Crippen molar-refractivity contribution in [2.75, 3.05) is 11.9 Å². The van der Waals surface area contributed by atoms with Gasteiger partial charge in [0.2, 0.25) is 10.0 Å². The smallest absolute Gasteiger partial charge is 0.238 e. The Labute approximate surface area is 107 Å². The van der Waals surface area contributed by atoms with Crippen LogP contribution < -0.4 is 10.5 Å². The molecule has 0 spiro atoms. The molecule has 0 aliphatic heterocycles. The van der Waals surface area contributed by atoms with Gasteiger partial charge in [-0.05, 0) is 24.1 Å². The van der Waals surface area contributed by atoms with Crippen LogP contribution in [-0.4, -0.2) is 15.0 Å². The molecule has 0 aliphatic carbocycles. The minimum Gasteiger partial charge on any atom is -0.384 e. The van der Waals surface area contributed by atoms with Crippen LogP contribution in [0.5, 0.6) is 0 Å². The van der Waals surface area contributed by atoms with Gasteiger partial charge in [-0.1, -0.05) is 31.9 Å². The van der Waals surface area contributed by atoms with E-state index in [1.54, 1.807) is 0 Å². The summed E-state index contributed by atoms with van der Waals surface area (Å²) in [5.74, 6) is 0.490. The van der Waals surface area contributed by atoms with Crippen LogP contribution in [-0.2, 0) is 10.0 Å². The second kappa shape index (κ2) is 5.71. The van der Waals surface area contributed by atoms with E-state index in [0.29, 0.717) is 16.6 Å². The fraction of sp³-hybridized carbons (Fsp3) is 0.455. The quantitative estimate of drug-likeness (QED) is 0.868. The monoisotopic (exact) mass is 276 g/mol. The number of hydrogen-bond acceptors (Lipinski definition) is 3. The Morgan fingerprint density at radius 3 is 2.65 bits per heavy atom. The third-order valence-electron chi connectivity index (χ3n) is 2.60. The lowest BCUT2D eigenvalue weighted by Gasteiger charge is -2.13. The van der Waals surface area contributed by atoms with Crippen molar-refractivity contribution in [2.24, 2.45) is 11.1 Å². The minimum absolute atomic E-state index is 0.0635. The molecule has 3 N–H and O–H groups in total. The van der Waals surface area contributed by atoms with Crippen molar-refractivity contribution < 1.29 is 8.42 Å². The Bertz CT molecular complexity index is 488. The van der Waals surface area contributed by atoms with E-state index in [1.807, 2.05) is 0 Å². The number of halogens is 1. The van der Waals surface area contributed by atoms with E-state index in [9.17, 15) is 8.42 Å². The first-order valence-corrected chi connectivity index (χ1v) is 7.33. The van der Waals surface area contributed by atoms with Crippen molar-refractivity contribution in [3.8, 4) is 0 Å². The summed E-state index contributed by atoms with van der Waals surface area (Å²) in [6, 6.07) is 4.38. The van der Waals surface area contributed by atoms with Crippen LogP contribution in [0, 0.1) is 5.92 Å². The molecule has 0 aliphatic rings. The zero-order valence-corrected chi connectivity index (χ0v) is 11.5. The van der Waals surface area contributed by atoms with Crippen molar-refractivity contribution in [2.45, 2.75) is 25.2 Å². The molecule has 1 atom stereocenters. The number of benzene rings is 1. The first-order chi connectivity index (χ1) is 7.84. The van der Waals surface area contributed by atoms with E-state index in [1.165, 1.54) is 18.2 Å². The molecule has 1 unspecified atom stereocenters. The van der Waals surface area contributed by atoms with Gasteiger partial charge in [-0.25, -0.2) is 13.6 Å². The number of nitrogens with one attached hydrogen (secondary N) is 1. The summed E-state index contributed by atoms with van der Waals surface area (Å²) < 4.78 is 22.4. The van der Waals surface area contributed by atoms with Gasteiger partial charge < -0.3 is 5.32 Å². The molecule has 17 heavy (non-hydrogen) atoms. The largest absolute Gasteiger partial charge is 0.384 e. The van der Waals surface area contributed by atoms with E-state index in [-0.39, 0.29) is 4.90 Å². The molecule has 1 aromatic carbocycles. The van der Waals surface area contributed by atoms with Gasteiger partial charge in [-0.15, -0.1) is 0 Å². The molecular formula is C11H17ClN2O2S. The summed E-state index contributed by atoms with van der Waals surface area (Å²) in [5.41, 5.74) is 0.596. The van der Waals surface area contributed by atoms with E-state index in [0.717, 1.165) is 13.0 Å². The molecule has 1 aromatic rings. The Morgan fingerprint density at radius 1 is 1.47 bits per heavy atom. The predicted molar refractivity (Wildman–Crippen MR) is 70.8 cm³/mol. The topological polar surface area (TPSA) is 72.2 Å². The molecule has 0 amide bonds. The third kappa shape index (κ3) is 4.18. The van der Waals surface area contributed by atoms with Crippen molar-refractivity contribution in [1.82, 2.24) is 0 Å². The summed E-state index contributed by atoms with van der Waals surface area (Å²) in [4.78, 5) is 0.0635. The number of anilines is 1. The average molecular weight is 277 g/mol. The van der Waals surface area contributed by atoms with Gasteiger partial charge >= 0.3 is 0 Å². The lowest BCUT2D eigenvalue weighted by Crippen LogP contribution is -2.14. The molecule has 4 nitrogen and oxygen atoms in total. The van der Waals surface area contributed by atoms with Gasteiger partial charge in [-0.2, -0.15) is 0 Å². The van der Waals surface area contributed by atoms with Gasteiger partial charge in [-0.3, -0.25) is 0 Å². The maximum Gasteiger partial charge on any atom is 0.238 e. The number of nitrogens with two attached hydrogens (primary N) is 1. The van der Waals surface area contributed by atoms with Gasteiger partial charge in [0.05, 0.1) is 15.6 Å². The van der Waals surface area contributed by atoms with Crippen LogP contribution >= 0.6 is 11.6 Å². The Balaban J connectivity index is 2.92. The molecular weight excluding hydrogens is 260 g/mol. The second-order valence-corrected chi connectivity index (χ2v) is 6.05. The van der Waals surface area contributed by atoms with Gasteiger partial charge in [0.25, 0.3) is 0 Å². The highest BCUT2D eigenvalue weighted by atomic mass is 35.5. The number of hydrogen-bond donors (Lipinski definition) is 2. The van der Waals surface area contributed by atoms with Crippen molar-refractivity contribution >= 4 is 27.3 Å². The summed E-state index contributed by atoms with van der Waals surface area (Å²) in [6.45, 7) is 4.93. The molecule has 0 aromatic heterocycles. The van der Waals surface area contributed by atoms with Gasteiger partial charge in [0.1, 0.15) is 0 Å². The van der Waals surface area contributed by atoms with Crippen LogP contribution in [0.25, 0.3) is 0 Å². The first-order valence-electron chi connectivity index (χ1n) is 5.40. The summed E-state index contributed by atoms with van der Waals surface area (Å²) in [5, 5.41) is 8.67. The maximum atomic E-state index is 11.2. The zero-order chi connectivity index (χ0) is 13.1. The molecule has 96 valence electrons. The van der Waals surface area contributed by atoms with Crippen LogP contribution in [0.15, 0.2) is 23.1 Å². The molecule has 6 heteroatoms. The Morgan fingerprint density at radius 2 is 2.12 bits per heavy atom. The lowest BCUT2D eigenvalue weighted by atomic mass is 10.1. The molecule has 1 rings (SSSR count). The minimum atomic E-state index is -3.68. The SMILES string of the molecule is CCC(C)CNc1cc(S(N)(=O)=O)ccc1Cl. The van der Waals surface area contributed by atoms with Crippen LogP contribution in [0.1, 0.15) is 20.3 Å². The number of rotatable bonds is 5. The molecule has 0 fully saturated rings. The summed E-state index contributed by atoms with van der Waals surface area (Å²) in [6.07, 6.45) is 1.04. The molecule has 0 bridgehead atoms. The fourth-order valence-electron chi connectivity index (χ4n) is 1.25. The molecule has 0 heterocycles. The van der Waals surface area contributed by atoms with E-state index < -0.39 is 10.0 Å². The van der Waals surface area contributed by atoms with Crippen LogP contribution in [0.3, 0.4) is 0 Å². The Kier molecular flexibility index (Phi) is 4.80. The fourth-order valence-corrected chi connectivity index (χ4v) is 1.97. The molecule has 0 saturated carbocycles. The van der Waals surface area contributed by atoms with E-state index >= 15 is 0 Å². The third-order valence-corrected chi connectivity index (χ3v) is 3.84. The standard InChI is InChI=1S/C11H17ClN2O2S/c1-3-8(2)7-14-11-6-9(17(13,15)16)4-5-10(11)12/h4-6,8,14H,3,7H2,1-2H3,(H2,13,15,16). The lowest BCUT2D eigenvalue weighted by molar-refractivity contribution is 0.593. The molecule has 0 saturated heterocycles. The van der Waals surface area contributed by atoms with E-state index in [2.05, 4.69) is 19.2 Å². The van der Waals surface area contributed by atoms with Gasteiger partial charge in [0.15, 0.2) is 0 Å². The Hall–Kier alpha value is -0.780. The maximum absolute atomic E-state index is 11.2. The van der Waals surface area contributed by atoms with Crippen molar-refractivity contribution in [3.05, 3.63) is 23.2 Å². The van der Waals surface area contributed by atoms with Crippen molar-refractivity contribution in [3.63, 3.8) is 0 Å². The number of sulfonamides is 1. The molecule has 0 radical (unpaired) electrons. The van der Waals surface area contributed by atoms with Gasteiger partial charge in [0, 0.05) is 6.54 Å². The van der Waals surface area contributed by atoms with Crippen LogP contribution in [0.2, 0.25) is 5.02 Å². The first kappa shape index (κ1) is 14.3. The van der Waals surface area contributed by atoms with Crippen LogP contribution in [0.4, 0.5) is 5.69 Å². The highest BCUT2D eigenvalue weighted by Gasteiger charge is 2.11. The second-order valence-electron chi connectivity index (χ2n) is 4.08. The summed E-state index contributed by atoms with van der Waals surface area (Å²) in [7, 11) is -3.68. The predicted octanol–water partition coefficient (Wildman–Crippen LogP) is 2.45.